The molecule has 1 aromatic rings. The number of rotatable bonds is 6. The van der Waals surface area contributed by atoms with Gasteiger partial charge >= 0.3 is 0 Å². The van der Waals surface area contributed by atoms with Crippen LogP contribution in [0.5, 0.6) is 0 Å². The fourth-order valence-corrected chi connectivity index (χ4v) is 5.49. The van der Waals surface area contributed by atoms with Gasteiger partial charge in [-0.25, -0.2) is 16.8 Å². The van der Waals surface area contributed by atoms with Crippen LogP contribution in [0.2, 0.25) is 0 Å². The van der Waals surface area contributed by atoms with Crippen molar-refractivity contribution in [3.63, 3.8) is 0 Å². The molecule has 1 aliphatic heterocycles. The minimum atomic E-state index is -3.72. The van der Waals surface area contributed by atoms with E-state index in [4.69, 9.17) is 5.73 Å². The lowest BCUT2D eigenvalue weighted by Gasteiger charge is -2.21. The van der Waals surface area contributed by atoms with Crippen LogP contribution in [0.3, 0.4) is 0 Å². The average molecular weight is 336 g/mol. The summed E-state index contributed by atoms with van der Waals surface area (Å²) in [6, 6.07) is -0.507. The molecule has 8 nitrogen and oxygen atoms in total. The van der Waals surface area contributed by atoms with E-state index in [1.54, 1.807) is 0 Å². The van der Waals surface area contributed by atoms with Crippen LogP contribution in [-0.2, 0) is 26.4 Å². The predicted octanol–water partition coefficient (Wildman–Crippen LogP) is -0.960. The first-order valence-corrected chi connectivity index (χ1v) is 9.93. The molecule has 0 aliphatic carbocycles. The van der Waals surface area contributed by atoms with E-state index in [9.17, 15) is 16.8 Å². The van der Waals surface area contributed by atoms with Crippen LogP contribution >= 0.6 is 0 Å². The lowest BCUT2D eigenvalue weighted by atomic mass is 10.3. The van der Waals surface area contributed by atoms with Gasteiger partial charge in [-0.1, -0.05) is 0 Å². The smallest absolute Gasteiger partial charge is 0.246 e. The van der Waals surface area contributed by atoms with Crippen LogP contribution in [0.1, 0.15) is 12.8 Å². The Bertz CT molecular complexity index is 696. The number of sulfone groups is 1. The lowest BCUT2D eigenvalue weighted by Crippen LogP contribution is -2.37. The third-order valence-electron chi connectivity index (χ3n) is 3.60. The maximum Gasteiger partial charge on any atom is 0.246 e. The minimum Gasteiger partial charge on any atom is -0.330 e. The summed E-state index contributed by atoms with van der Waals surface area (Å²) in [6.07, 6.45) is 3.77. The third-order valence-corrected chi connectivity index (χ3v) is 7.21. The predicted molar refractivity (Wildman–Crippen MR) is 77.9 cm³/mol. The van der Waals surface area contributed by atoms with Crippen molar-refractivity contribution in [2.75, 3.05) is 25.1 Å². The molecular formula is C11H20N4O4S2. The van der Waals surface area contributed by atoms with Crippen LogP contribution < -0.4 is 5.73 Å². The highest BCUT2D eigenvalue weighted by atomic mass is 32.2. The second-order valence-electron chi connectivity index (χ2n) is 5.16. The Balaban J connectivity index is 2.15. The molecule has 1 aliphatic rings. The first kappa shape index (κ1) is 16.4. The zero-order chi connectivity index (χ0) is 15.7. The molecule has 1 aromatic heterocycles. The Kier molecular flexibility index (Phi) is 4.71. The number of hydrogen-bond donors (Lipinski definition) is 1. The molecule has 21 heavy (non-hydrogen) atoms. The van der Waals surface area contributed by atoms with Crippen LogP contribution in [0, 0.1) is 0 Å². The van der Waals surface area contributed by atoms with Crippen molar-refractivity contribution in [2.45, 2.75) is 30.3 Å². The zero-order valence-corrected chi connectivity index (χ0v) is 13.5. The normalized spacial score (nSPS) is 22.0. The molecule has 0 radical (unpaired) electrons. The summed E-state index contributed by atoms with van der Waals surface area (Å²) in [5.74, 6) is -0.0860. The molecule has 1 atom stereocenters. The maximum atomic E-state index is 12.5. The van der Waals surface area contributed by atoms with E-state index in [2.05, 4.69) is 5.10 Å². The van der Waals surface area contributed by atoms with E-state index >= 15 is 0 Å². The SMILES string of the molecule is CN(C1CCS(=O)(=O)C1)S(=O)(=O)c1cnn(CCCN)c1. The Hall–Kier alpha value is -0.970. The number of aryl methyl sites for hydroxylation is 1. The quantitative estimate of drug-likeness (QED) is 0.715. The molecule has 1 saturated heterocycles. The van der Waals surface area contributed by atoms with E-state index in [1.165, 1.54) is 24.1 Å². The molecule has 0 spiro atoms. The number of sulfonamides is 1. The summed E-state index contributed by atoms with van der Waals surface area (Å²) in [5.41, 5.74) is 5.40. The van der Waals surface area contributed by atoms with Gasteiger partial charge in [-0.15, -0.1) is 0 Å². The highest BCUT2D eigenvalue weighted by molar-refractivity contribution is 7.92. The van der Waals surface area contributed by atoms with E-state index in [0.29, 0.717) is 25.9 Å². The summed E-state index contributed by atoms with van der Waals surface area (Å²) in [5, 5.41) is 3.99. The number of nitrogens with zero attached hydrogens (tertiary/aromatic N) is 3. The van der Waals surface area contributed by atoms with Crippen LogP contribution in [0.25, 0.3) is 0 Å². The van der Waals surface area contributed by atoms with Crippen molar-refractivity contribution < 1.29 is 16.8 Å². The molecule has 10 heteroatoms. The van der Waals surface area contributed by atoms with Gasteiger partial charge in [-0.05, 0) is 19.4 Å². The van der Waals surface area contributed by atoms with Crippen LogP contribution in [0.4, 0.5) is 0 Å². The summed E-state index contributed by atoms with van der Waals surface area (Å²) >= 11 is 0. The lowest BCUT2D eigenvalue weighted by molar-refractivity contribution is 0.394. The fourth-order valence-electron chi connectivity index (χ4n) is 2.28. The van der Waals surface area contributed by atoms with Crippen molar-refractivity contribution in [3.05, 3.63) is 12.4 Å². The summed E-state index contributed by atoms with van der Waals surface area (Å²) < 4.78 is 50.6. The van der Waals surface area contributed by atoms with Gasteiger partial charge in [0.05, 0.1) is 17.7 Å². The van der Waals surface area contributed by atoms with E-state index in [1.807, 2.05) is 0 Å². The molecule has 2 heterocycles. The largest absolute Gasteiger partial charge is 0.330 e. The molecule has 2 rings (SSSR count). The van der Waals surface area contributed by atoms with Gasteiger partial charge in [0.25, 0.3) is 0 Å². The molecule has 1 unspecified atom stereocenters. The fraction of sp³-hybridized carbons (Fsp3) is 0.727. The summed E-state index contributed by atoms with van der Waals surface area (Å²) in [4.78, 5) is 0.0753. The summed E-state index contributed by atoms with van der Waals surface area (Å²) in [7, 11) is -5.44. The van der Waals surface area contributed by atoms with E-state index in [-0.39, 0.29) is 16.4 Å². The highest BCUT2D eigenvalue weighted by Crippen LogP contribution is 2.23. The first-order chi connectivity index (χ1) is 9.76. The third kappa shape index (κ3) is 3.62. The topological polar surface area (TPSA) is 115 Å². The monoisotopic (exact) mass is 336 g/mol. The second kappa shape index (κ2) is 6.03. The first-order valence-electron chi connectivity index (χ1n) is 6.67. The molecule has 1 fully saturated rings. The van der Waals surface area contributed by atoms with Gasteiger partial charge in [0.2, 0.25) is 10.0 Å². The van der Waals surface area contributed by atoms with Crippen molar-refractivity contribution >= 4 is 19.9 Å². The van der Waals surface area contributed by atoms with Crippen LogP contribution in [0.15, 0.2) is 17.3 Å². The standard InChI is InChI=1S/C11H20N4O4S2/c1-14(10-3-6-20(16,17)9-10)21(18,19)11-7-13-15(8-11)5-2-4-12/h7-8,10H,2-6,9,12H2,1H3. The molecule has 120 valence electrons. The molecule has 0 saturated carbocycles. The Morgan fingerprint density at radius 2 is 2.24 bits per heavy atom. The Morgan fingerprint density at radius 1 is 1.52 bits per heavy atom. The molecule has 0 bridgehead atoms. The molecule has 2 N–H and O–H groups in total. The van der Waals surface area contributed by atoms with Gasteiger partial charge < -0.3 is 5.73 Å². The van der Waals surface area contributed by atoms with Crippen molar-refractivity contribution in [3.8, 4) is 0 Å². The van der Waals surface area contributed by atoms with Gasteiger partial charge in [-0.2, -0.15) is 9.40 Å². The highest BCUT2D eigenvalue weighted by Gasteiger charge is 2.36. The van der Waals surface area contributed by atoms with E-state index < -0.39 is 25.9 Å². The van der Waals surface area contributed by atoms with Crippen molar-refractivity contribution in [2.24, 2.45) is 5.73 Å². The second-order valence-corrected chi connectivity index (χ2v) is 9.39. The van der Waals surface area contributed by atoms with Crippen molar-refractivity contribution in [1.82, 2.24) is 14.1 Å². The molecule has 0 aromatic carbocycles. The number of nitrogens with two attached hydrogens (primary N) is 1. The van der Waals surface area contributed by atoms with Gasteiger partial charge in [0, 0.05) is 25.8 Å². The zero-order valence-electron chi connectivity index (χ0n) is 11.8. The van der Waals surface area contributed by atoms with Crippen molar-refractivity contribution in [1.29, 1.82) is 0 Å². The minimum absolute atomic E-state index is 0.0350. The average Bonchev–Trinajstić information content (AvgIpc) is 3.02. The number of hydrogen-bond acceptors (Lipinski definition) is 6. The maximum absolute atomic E-state index is 12.5. The number of aromatic nitrogens is 2. The van der Waals surface area contributed by atoms with E-state index in [0.717, 1.165) is 4.31 Å². The Morgan fingerprint density at radius 3 is 2.81 bits per heavy atom. The molecular weight excluding hydrogens is 316 g/mol. The van der Waals surface area contributed by atoms with Gasteiger partial charge in [0.1, 0.15) is 4.90 Å². The van der Waals surface area contributed by atoms with Gasteiger partial charge in [-0.3, -0.25) is 4.68 Å². The summed E-state index contributed by atoms with van der Waals surface area (Å²) in [6.45, 7) is 1.05. The van der Waals surface area contributed by atoms with Crippen LogP contribution in [-0.4, -0.2) is 62.1 Å². The van der Waals surface area contributed by atoms with Gasteiger partial charge in [0.15, 0.2) is 9.84 Å². The molecule has 0 amide bonds. The Labute approximate surface area is 124 Å².